The summed E-state index contributed by atoms with van der Waals surface area (Å²) in [7, 11) is 0. The van der Waals surface area contributed by atoms with Gasteiger partial charge in [-0.2, -0.15) is 4.99 Å². The predicted molar refractivity (Wildman–Crippen MR) is 70.4 cm³/mol. The number of allylic oxidation sites excluding steroid dienone is 3. The minimum absolute atomic E-state index is 0.0458. The number of ether oxygens (including phenoxy) is 1. The molecule has 2 unspecified atom stereocenters. The van der Waals surface area contributed by atoms with Crippen LogP contribution in [0.5, 0.6) is 0 Å². The smallest absolute Gasteiger partial charge is 0.341 e. The highest BCUT2D eigenvalue weighted by Crippen LogP contribution is 2.13. The van der Waals surface area contributed by atoms with Gasteiger partial charge in [-0.25, -0.2) is 4.79 Å². The quantitative estimate of drug-likeness (QED) is 0.739. The molecule has 0 bridgehead atoms. The Morgan fingerprint density at radius 2 is 2.44 bits per heavy atom. The number of nitrogens with two attached hydrogens (primary N) is 1. The average Bonchev–Trinajstić information content (AvgIpc) is 2.32. The highest BCUT2D eigenvalue weighted by atomic mass is 16.5. The van der Waals surface area contributed by atoms with E-state index in [4.69, 9.17) is 10.5 Å². The number of nitrogens with one attached hydrogen (secondary N) is 1. The normalized spacial score (nSPS) is 30.1. The number of aliphatic imine (C=N–C) groups is 1. The molecule has 1 fully saturated rings. The second-order valence-corrected chi connectivity index (χ2v) is 4.64. The minimum Gasteiger partial charge on any atom is -0.402 e. The third-order valence-corrected chi connectivity index (χ3v) is 3.12. The van der Waals surface area contributed by atoms with Gasteiger partial charge in [-0.3, -0.25) is 0 Å². The number of hydrogen-bond donors (Lipinski definition) is 2. The van der Waals surface area contributed by atoms with Crippen molar-refractivity contribution in [2.24, 2.45) is 10.7 Å². The van der Waals surface area contributed by atoms with E-state index >= 15 is 0 Å². The van der Waals surface area contributed by atoms with Crippen LogP contribution in [0.3, 0.4) is 0 Å². The molecule has 2 aliphatic rings. The van der Waals surface area contributed by atoms with Crippen LogP contribution >= 0.6 is 0 Å². The Hall–Kier alpha value is -1.62. The van der Waals surface area contributed by atoms with Crippen molar-refractivity contribution in [2.45, 2.75) is 38.3 Å². The summed E-state index contributed by atoms with van der Waals surface area (Å²) in [5, 5.41) is 2.88. The van der Waals surface area contributed by atoms with E-state index < -0.39 is 0 Å². The summed E-state index contributed by atoms with van der Waals surface area (Å²) in [5.41, 5.74) is 7.00. The van der Waals surface area contributed by atoms with E-state index in [1.165, 1.54) is 0 Å². The van der Waals surface area contributed by atoms with Crippen LogP contribution < -0.4 is 11.1 Å². The van der Waals surface area contributed by atoms with Crippen LogP contribution in [-0.4, -0.2) is 30.5 Å². The first-order valence-corrected chi connectivity index (χ1v) is 6.28. The molecule has 2 rings (SSSR count). The van der Waals surface area contributed by atoms with Crippen LogP contribution in [-0.2, 0) is 4.74 Å². The van der Waals surface area contributed by atoms with E-state index in [9.17, 15) is 4.79 Å². The zero-order valence-corrected chi connectivity index (χ0v) is 10.6. The van der Waals surface area contributed by atoms with Gasteiger partial charge in [0.1, 0.15) is 0 Å². The summed E-state index contributed by atoms with van der Waals surface area (Å²) in [6.07, 6.45) is 8.09. The van der Waals surface area contributed by atoms with E-state index in [0.29, 0.717) is 12.1 Å². The number of urea groups is 1. The Labute approximate surface area is 107 Å². The number of carbonyl (C=O) groups is 1. The average molecular weight is 249 g/mol. The van der Waals surface area contributed by atoms with Crippen LogP contribution in [0.15, 0.2) is 28.9 Å². The lowest BCUT2D eigenvalue weighted by molar-refractivity contribution is 0.00644. The molecule has 0 aromatic rings. The second-order valence-electron chi connectivity index (χ2n) is 4.64. The number of hydrogen-bond acceptors (Lipinski definition) is 3. The lowest BCUT2D eigenvalue weighted by Crippen LogP contribution is -2.45. The summed E-state index contributed by atoms with van der Waals surface area (Å²) in [4.78, 5) is 15.8. The molecule has 0 radical (unpaired) electrons. The highest BCUT2D eigenvalue weighted by molar-refractivity contribution is 6.10. The van der Waals surface area contributed by atoms with Gasteiger partial charge < -0.3 is 15.8 Å². The molecule has 0 aromatic heterocycles. The summed E-state index contributed by atoms with van der Waals surface area (Å²) in [5.74, 6) is 0. The second kappa shape index (κ2) is 5.82. The van der Waals surface area contributed by atoms with Crippen LogP contribution in [0.4, 0.5) is 4.79 Å². The van der Waals surface area contributed by atoms with Gasteiger partial charge in [0.15, 0.2) is 0 Å². The van der Waals surface area contributed by atoms with Crippen LogP contribution in [0.1, 0.15) is 26.2 Å². The SMILES string of the molecule is CC1OCCCC1NC(=O)N=C1C=CCC(N)=C1. The first kappa shape index (κ1) is 12.8. The summed E-state index contributed by atoms with van der Waals surface area (Å²) in [6.45, 7) is 2.74. The molecule has 5 heteroatoms. The van der Waals surface area contributed by atoms with Gasteiger partial charge in [0.2, 0.25) is 0 Å². The van der Waals surface area contributed by atoms with Crippen molar-refractivity contribution in [1.82, 2.24) is 5.32 Å². The third kappa shape index (κ3) is 3.43. The van der Waals surface area contributed by atoms with Crippen molar-refractivity contribution in [3.05, 3.63) is 23.9 Å². The van der Waals surface area contributed by atoms with Crippen molar-refractivity contribution in [1.29, 1.82) is 0 Å². The van der Waals surface area contributed by atoms with E-state index in [1.54, 1.807) is 12.2 Å². The molecule has 0 aromatic carbocycles. The fraction of sp³-hybridized carbons (Fsp3) is 0.538. The first-order chi connectivity index (χ1) is 8.65. The van der Waals surface area contributed by atoms with Crippen molar-refractivity contribution >= 4 is 11.7 Å². The molecule has 2 atom stereocenters. The maximum absolute atomic E-state index is 11.8. The Kier molecular flexibility index (Phi) is 4.15. The molecule has 18 heavy (non-hydrogen) atoms. The van der Waals surface area contributed by atoms with Crippen molar-refractivity contribution in [3.8, 4) is 0 Å². The summed E-state index contributed by atoms with van der Waals surface area (Å²) in [6, 6.07) is -0.285. The largest absolute Gasteiger partial charge is 0.402 e. The minimum atomic E-state index is -0.331. The molecule has 3 N–H and O–H groups in total. The lowest BCUT2D eigenvalue weighted by atomic mass is 10.0. The maximum Gasteiger partial charge on any atom is 0.341 e. The van der Waals surface area contributed by atoms with Crippen LogP contribution in [0.2, 0.25) is 0 Å². The van der Waals surface area contributed by atoms with Gasteiger partial charge in [0.25, 0.3) is 0 Å². The maximum atomic E-state index is 11.8. The Bertz CT molecular complexity index is 412. The number of nitrogens with zero attached hydrogens (tertiary/aromatic N) is 1. The van der Waals surface area contributed by atoms with Gasteiger partial charge >= 0.3 is 6.03 Å². The Balaban J connectivity index is 1.93. The summed E-state index contributed by atoms with van der Waals surface area (Å²) >= 11 is 0. The zero-order chi connectivity index (χ0) is 13.0. The molecule has 1 aliphatic carbocycles. The standard InChI is InChI=1S/C13H19N3O2/c1-9-12(6-3-7-18-9)16-13(17)15-11-5-2-4-10(14)8-11/h2,5,8-9,12H,3-4,6-7,14H2,1H3,(H,16,17). The van der Waals surface area contributed by atoms with Gasteiger partial charge in [-0.1, -0.05) is 6.08 Å². The molecule has 1 heterocycles. The van der Waals surface area contributed by atoms with E-state index in [-0.39, 0.29) is 18.2 Å². The number of carbonyl (C=O) groups excluding carboxylic acids is 1. The van der Waals surface area contributed by atoms with E-state index in [2.05, 4.69) is 10.3 Å². The molecular weight excluding hydrogens is 230 g/mol. The monoisotopic (exact) mass is 249 g/mol. The van der Waals surface area contributed by atoms with Gasteiger partial charge in [-0.15, -0.1) is 0 Å². The molecule has 98 valence electrons. The van der Waals surface area contributed by atoms with Crippen molar-refractivity contribution in [3.63, 3.8) is 0 Å². The first-order valence-electron chi connectivity index (χ1n) is 6.28. The molecule has 0 spiro atoms. The highest BCUT2D eigenvalue weighted by Gasteiger charge is 2.23. The van der Waals surface area contributed by atoms with E-state index in [1.807, 2.05) is 13.0 Å². The van der Waals surface area contributed by atoms with Crippen molar-refractivity contribution in [2.75, 3.05) is 6.61 Å². The molecule has 2 amide bonds. The molecule has 1 aliphatic heterocycles. The number of amides is 2. The predicted octanol–water partition coefficient (Wildman–Crippen LogP) is 1.51. The third-order valence-electron chi connectivity index (χ3n) is 3.12. The molecule has 1 saturated heterocycles. The van der Waals surface area contributed by atoms with Crippen LogP contribution in [0.25, 0.3) is 0 Å². The molecule has 5 nitrogen and oxygen atoms in total. The zero-order valence-electron chi connectivity index (χ0n) is 10.6. The molecule has 0 saturated carbocycles. The fourth-order valence-corrected chi connectivity index (χ4v) is 2.10. The van der Waals surface area contributed by atoms with Gasteiger partial charge in [-0.05, 0) is 31.9 Å². The Morgan fingerprint density at radius 1 is 1.61 bits per heavy atom. The van der Waals surface area contributed by atoms with Gasteiger partial charge in [0.05, 0.1) is 17.9 Å². The Morgan fingerprint density at radius 3 is 3.17 bits per heavy atom. The summed E-state index contributed by atoms with van der Waals surface area (Å²) < 4.78 is 5.49. The van der Waals surface area contributed by atoms with Crippen molar-refractivity contribution < 1.29 is 9.53 Å². The van der Waals surface area contributed by atoms with Gasteiger partial charge in [0, 0.05) is 18.7 Å². The van der Waals surface area contributed by atoms with E-state index in [0.717, 1.165) is 25.1 Å². The molecular formula is C13H19N3O2. The van der Waals surface area contributed by atoms with Crippen LogP contribution in [0, 0.1) is 0 Å². The fourth-order valence-electron chi connectivity index (χ4n) is 2.10. The number of rotatable bonds is 1. The topological polar surface area (TPSA) is 76.7 Å². The lowest BCUT2D eigenvalue weighted by Gasteiger charge is -2.29.